The summed E-state index contributed by atoms with van der Waals surface area (Å²) >= 11 is 1.83. The maximum absolute atomic E-state index is 6.88. The molecule has 0 saturated heterocycles. The Hall–Kier alpha value is -17.5. The van der Waals surface area contributed by atoms with E-state index in [1.165, 1.54) is 109 Å². The highest BCUT2D eigenvalue weighted by molar-refractivity contribution is 7.26. The lowest BCUT2D eigenvalue weighted by molar-refractivity contribution is 0.437. The highest BCUT2D eigenvalue weighted by Crippen LogP contribution is 2.68. The highest BCUT2D eigenvalue weighted by atomic mass is 32.1. The van der Waals surface area contributed by atoms with Gasteiger partial charge in [-0.3, -0.25) is 0 Å². The van der Waals surface area contributed by atoms with Crippen LogP contribution in [-0.4, -0.2) is 0 Å². The van der Waals surface area contributed by atoms with E-state index in [1.54, 1.807) is 0 Å². The summed E-state index contributed by atoms with van der Waals surface area (Å²) in [5, 5.41) is 20.7. The van der Waals surface area contributed by atoms with Crippen molar-refractivity contribution < 1.29 is 23.0 Å². The molecule has 3 aromatic heterocycles. The van der Waals surface area contributed by atoms with Crippen LogP contribution in [0.2, 0.25) is 0 Å². The predicted octanol–water partition coefficient (Wildman–Crippen LogP) is 34.4. The minimum Gasteiger partial charge on any atom is -0.457 e. The molecule has 0 atom stereocenters. The Bertz CT molecular complexity index is 8970. The van der Waals surface area contributed by atoms with Crippen LogP contribution < -0.4 is 30.2 Å². The Morgan fingerprint density at radius 2 is 0.574 bits per heavy atom. The van der Waals surface area contributed by atoms with Crippen LogP contribution in [0.1, 0.15) is 66.8 Å². The first-order chi connectivity index (χ1) is 67.4. The Morgan fingerprint density at radius 1 is 0.206 bits per heavy atom. The zero-order valence-electron chi connectivity index (χ0n) is 73.3. The van der Waals surface area contributed by atoms with Crippen molar-refractivity contribution >= 4 is 120 Å². The van der Waals surface area contributed by atoms with Crippen LogP contribution >= 0.6 is 11.3 Å². The fourth-order valence-corrected chi connectivity index (χ4v) is 24.7. The molecule has 3 aliphatic carbocycles. The second-order valence-electron chi connectivity index (χ2n) is 35.9. The Labute approximate surface area is 787 Å². The van der Waals surface area contributed by atoms with Crippen LogP contribution in [0.15, 0.2) is 470 Å². The lowest BCUT2D eigenvalue weighted by Gasteiger charge is -2.40. The zero-order valence-corrected chi connectivity index (χ0v) is 74.1. The number of ether oxygens (including phenoxy) is 3. The molecular formula is C127H79N3O5S. The van der Waals surface area contributed by atoms with Crippen LogP contribution in [0.3, 0.4) is 0 Å². The first-order valence-electron chi connectivity index (χ1n) is 46.4. The quantitative estimate of drug-likeness (QED) is 0.139. The zero-order chi connectivity index (χ0) is 89.3. The van der Waals surface area contributed by atoms with Crippen LogP contribution in [-0.2, 0) is 16.2 Å². The largest absolute Gasteiger partial charge is 0.457 e. The standard InChI is InChI=1S/C49H31NO2.C41H25NO2.C37H23NOS/c1-4-15-39-36(11-1)37-12-2-5-16-40(37)49(39)41-17-6-8-20-44(41)52-46-22-10-18-42(48(46)49)50-34-29-27-32(28-30-34)31-23-25-33(26-24-31)35-14-9-21-45-47(35)38-13-3-7-19-43(38)51-45;1-2-13-26-25(12-1)24-35(38-29-16-5-9-22-36(29)43-39(26)38)42-34-21-11-20-33-40(34)44-37-23-10-8-19-32(37)41(33)30-17-6-3-14-27(30)28-15-4-7-18-31(28)41;1-4-14-26-23(11-1)24-12-2-5-15-27(24)37(26)28-16-6-7-20-32(28)39-36-29(37)17-9-19-31(36)38-30-18-10-22-34-35(30)25-13-3-8-21-33(25)40-34/h1-30,50H;1-24,42H;1-22,38H. The van der Waals surface area contributed by atoms with E-state index in [-0.39, 0.29) is 0 Å². The maximum atomic E-state index is 6.88. The smallest absolute Gasteiger partial charge is 0.155 e. The number of thiophene rings is 1. The van der Waals surface area contributed by atoms with Crippen LogP contribution in [0.5, 0.6) is 34.5 Å². The lowest BCUT2D eigenvalue weighted by Crippen LogP contribution is -2.33. The molecule has 0 saturated carbocycles. The predicted molar refractivity (Wildman–Crippen MR) is 556 cm³/mol. The second-order valence-corrected chi connectivity index (χ2v) is 37.0. The summed E-state index contributed by atoms with van der Waals surface area (Å²) in [6.45, 7) is 0. The van der Waals surface area contributed by atoms with Gasteiger partial charge in [0, 0.05) is 92.2 Å². The molecule has 0 radical (unpaired) electrons. The van der Waals surface area contributed by atoms with Gasteiger partial charge in [-0.05, 0) is 191 Å². The summed E-state index contributed by atoms with van der Waals surface area (Å²) in [6.07, 6.45) is 0. The Morgan fingerprint density at radius 3 is 1.14 bits per heavy atom. The number of nitrogens with one attached hydrogen (secondary N) is 3. The Balaban J connectivity index is 0.000000102. The number of hydrogen-bond acceptors (Lipinski definition) is 9. The number of furan rings is 2. The number of anilines is 6. The van der Waals surface area contributed by atoms with Gasteiger partial charge < -0.3 is 39.0 Å². The molecule has 24 aromatic rings. The molecule has 8 nitrogen and oxygen atoms in total. The van der Waals surface area contributed by atoms with Crippen molar-refractivity contribution in [1.82, 2.24) is 0 Å². The van der Waals surface area contributed by atoms with Crippen LogP contribution in [0.4, 0.5) is 34.1 Å². The van der Waals surface area contributed by atoms with Gasteiger partial charge in [-0.2, -0.15) is 0 Å². The molecule has 3 aliphatic heterocycles. The van der Waals surface area contributed by atoms with E-state index in [4.69, 9.17) is 23.0 Å². The molecule has 0 amide bonds. The summed E-state index contributed by atoms with van der Waals surface area (Å²) in [7, 11) is 0. The van der Waals surface area contributed by atoms with Gasteiger partial charge in [0.2, 0.25) is 0 Å². The molecular weight excluding hydrogens is 1680 g/mol. The topological polar surface area (TPSA) is 90.1 Å². The van der Waals surface area contributed by atoms with Crippen molar-refractivity contribution in [3.8, 4) is 90.1 Å². The van der Waals surface area contributed by atoms with Gasteiger partial charge >= 0.3 is 0 Å². The summed E-state index contributed by atoms with van der Waals surface area (Å²) in [6, 6.07) is 164. The summed E-state index contributed by atoms with van der Waals surface area (Å²) in [5.74, 6) is 5.25. The van der Waals surface area contributed by atoms with Gasteiger partial charge in [0.15, 0.2) is 11.5 Å². The highest BCUT2D eigenvalue weighted by Gasteiger charge is 2.55. The lowest BCUT2D eigenvalue weighted by atomic mass is 9.65. The van der Waals surface area contributed by atoms with Crippen molar-refractivity contribution in [2.45, 2.75) is 16.2 Å². The van der Waals surface area contributed by atoms with Crippen molar-refractivity contribution in [3.63, 3.8) is 0 Å². The molecule has 136 heavy (non-hydrogen) atoms. The number of hydrogen-bond donors (Lipinski definition) is 3. The molecule has 0 unspecified atom stereocenters. The third kappa shape index (κ3) is 11.3. The van der Waals surface area contributed by atoms with E-state index < -0.39 is 16.2 Å². The van der Waals surface area contributed by atoms with Crippen molar-refractivity contribution in [2.24, 2.45) is 0 Å². The average Bonchev–Trinajstić information content (AvgIpc) is 1.50. The molecule has 6 aliphatic rings. The molecule has 0 fully saturated rings. The Kier molecular flexibility index (Phi) is 17.2. The van der Waals surface area contributed by atoms with E-state index in [2.05, 4.69) is 447 Å². The van der Waals surface area contributed by atoms with Gasteiger partial charge in [0.05, 0.1) is 38.7 Å². The number of rotatable bonds is 8. The fraction of sp³-hybridized carbons (Fsp3) is 0.0236. The van der Waals surface area contributed by atoms with Crippen molar-refractivity contribution in [1.29, 1.82) is 0 Å². The van der Waals surface area contributed by atoms with E-state index in [1.807, 2.05) is 41.7 Å². The third-order valence-electron chi connectivity index (χ3n) is 29.0. The van der Waals surface area contributed by atoms with E-state index in [9.17, 15) is 0 Å². The van der Waals surface area contributed by atoms with Gasteiger partial charge in [-0.1, -0.05) is 364 Å². The minimum atomic E-state index is -0.532. The number of benzene rings is 21. The van der Waals surface area contributed by atoms with Gasteiger partial charge in [-0.15, -0.1) is 11.3 Å². The SMILES string of the molecule is c1ccc2c(c1)Oc1c(Nc3cc4ccccc4c4oc5ccccc5c34)cccc1C21c2ccccc2-c2ccccc21.c1ccc2c(c1)Oc1c(Nc3cccc4sc5ccccc5c34)cccc1C21c2ccccc2-c2ccccc21.c1ccc2c(c1)Oc1cccc(Nc3ccc(-c4ccc(-c5cccc6oc7ccccc7c56)cc4)cc3)c1C21c2ccccc2-c2ccccc21. The summed E-state index contributed by atoms with van der Waals surface area (Å²) < 4.78 is 35.6. The van der Waals surface area contributed by atoms with Gasteiger partial charge in [0.25, 0.3) is 0 Å². The van der Waals surface area contributed by atoms with E-state index >= 15 is 0 Å². The average molecular weight is 1760 g/mol. The molecule has 638 valence electrons. The molecule has 6 heterocycles. The monoisotopic (exact) mass is 1760 g/mol. The van der Waals surface area contributed by atoms with Crippen LogP contribution in [0, 0.1) is 0 Å². The molecule has 21 aromatic carbocycles. The minimum absolute atomic E-state index is 0.462. The van der Waals surface area contributed by atoms with Gasteiger partial charge in [0.1, 0.15) is 45.3 Å². The first kappa shape index (κ1) is 77.3. The molecule has 0 bridgehead atoms. The molecule has 3 spiro atoms. The molecule has 9 heteroatoms. The summed E-state index contributed by atoms with van der Waals surface area (Å²) in [4.78, 5) is 0. The number of fused-ring (bicyclic) bond motifs is 38. The maximum Gasteiger partial charge on any atom is 0.155 e. The van der Waals surface area contributed by atoms with Crippen LogP contribution in [0.25, 0.3) is 130 Å². The molecule has 3 N–H and O–H groups in total. The van der Waals surface area contributed by atoms with E-state index in [0.29, 0.717) is 0 Å². The van der Waals surface area contributed by atoms with Crippen molar-refractivity contribution in [3.05, 3.63) is 528 Å². The normalized spacial score (nSPS) is 13.6. The molecule has 30 rings (SSSR count). The summed E-state index contributed by atoms with van der Waals surface area (Å²) in [5.41, 5.74) is 35.0. The third-order valence-corrected chi connectivity index (χ3v) is 30.2. The number of para-hydroxylation sites is 7. The first-order valence-corrected chi connectivity index (χ1v) is 47.2. The van der Waals surface area contributed by atoms with E-state index in [0.717, 1.165) is 157 Å². The second kappa shape index (κ2) is 30.3. The fourth-order valence-electron chi connectivity index (χ4n) is 23.6. The van der Waals surface area contributed by atoms with Gasteiger partial charge in [-0.25, -0.2) is 0 Å². The van der Waals surface area contributed by atoms with Crippen molar-refractivity contribution in [2.75, 3.05) is 16.0 Å².